The van der Waals surface area contributed by atoms with Gasteiger partial charge in [-0.3, -0.25) is 14.3 Å². The number of amides is 2. The van der Waals surface area contributed by atoms with Gasteiger partial charge in [0.1, 0.15) is 11.4 Å². The lowest BCUT2D eigenvalue weighted by Crippen LogP contribution is -2.37. The number of hydrogen-bond donors (Lipinski definition) is 1. The summed E-state index contributed by atoms with van der Waals surface area (Å²) in [6.45, 7) is 1.49. The fourth-order valence-electron chi connectivity index (χ4n) is 2.99. The van der Waals surface area contributed by atoms with Gasteiger partial charge in [-0.15, -0.1) is 0 Å². The maximum Gasteiger partial charge on any atom is 0.274 e. The lowest BCUT2D eigenvalue weighted by Gasteiger charge is -2.27. The summed E-state index contributed by atoms with van der Waals surface area (Å²) >= 11 is 0. The molecular formula is C18H22N4O3. The molecule has 0 radical (unpaired) electrons. The van der Waals surface area contributed by atoms with E-state index in [9.17, 15) is 9.59 Å². The Balaban J connectivity index is 1.81. The van der Waals surface area contributed by atoms with Gasteiger partial charge < -0.3 is 15.0 Å². The summed E-state index contributed by atoms with van der Waals surface area (Å²) in [7, 11) is 3.26. The zero-order chi connectivity index (χ0) is 17.8. The topological polar surface area (TPSA) is 76.5 Å². The Morgan fingerprint density at radius 1 is 1.20 bits per heavy atom. The van der Waals surface area contributed by atoms with Gasteiger partial charge in [0, 0.05) is 25.7 Å². The van der Waals surface area contributed by atoms with Crippen molar-refractivity contribution in [2.45, 2.75) is 19.3 Å². The van der Waals surface area contributed by atoms with E-state index in [2.05, 4.69) is 10.4 Å². The molecule has 25 heavy (non-hydrogen) atoms. The van der Waals surface area contributed by atoms with E-state index in [4.69, 9.17) is 4.74 Å². The summed E-state index contributed by atoms with van der Waals surface area (Å²) < 4.78 is 6.66. The van der Waals surface area contributed by atoms with Crippen LogP contribution in [0.2, 0.25) is 0 Å². The number of methoxy groups -OCH3 is 1. The summed E-state index contributed by atoms with van der Waals surface area (Å²) in [5, 5.41) is 6.94. The summed E-state index contributed by atoms with van der Waals surface area (Å²) in [5.41, 5.74) is 1.28. The van der Waals surface area contributed by atoms with Gasteiger partial charge in [0.2, 0.25) is 0 Å². The van der Waals surface area contributed by atoms with Crippen molar-refractivity contribution < 1.29 is 14.3 Å². The van der Waals surface area contributed by atoms with Crippen molar-refractivity contribution in [2.24, 2.45) is 7.05 Å². The van der Waals surface area contributed by atoms with Crippen molar-refractivity contribution in [1.29, 1.82) is 0 Å². The van der Waals surface area contributed by atoms with Crippen LogP contribution in [-0.4, -0.2) is 46.7 Å². The predicted molar refractivity (Wildman–Crippen MR) is 93.9 cm³/mol. The first-order valence-electron chi connectivity index (χ1n) is 8.37. The summed E-state index contributed by atoms with van der Waals surface area (Å²) in [6, 6.07) is 6.86. The van der Waals surface area contributed by atoms with Crippen molar-refractivity contribution in [2.75, 3.05) is 25.5 Å². The quantitative estimate of drug-likeness (QED) is 0.925. The highest BCUT2D eigenvalue weighted by Gasteiger charge is 2.25. The largest absolute Gasteiger partial charge is 0.497 e. The average molecular weight is 342 g/mol. The second-order valence-corrected chi connectivity index (χ2v) is 6.07. The van der Waals surface area contributed by atoms with Gasteiger partial charge in [-0.2, -0.15) is 5.10 Å². The number of nitrogens with zero attached hydrogens (tertiary/aromatic N) is 3. The Labute approximate surface area is 146 Å². The van der Waals surface area contributed by atoms with E-state index in [-0.39, 0.29) is 11.8 Å². The molecule has 0 atom stereocenters. The zero-order valence-corrected chi connectivity index (χ0v) is 14.5. The molecule has 1 aliphatic rings. The number of hydrogen-bond acceptors (Lipinski definition) is 4. The number of rotatable bonds is 4. The SMILES string of the molecule is COc1cccc(C(=O)Nc2cnn(C)c2C(=O)N2CCCCC2)c1. The van der Waals surface area contributed by atoms with E-state index in [0.29, 0.717) is 22.7 Å². The van der Waals surface area contributed by atoms with E-state index in [0.717, 1.165) is 32.4 Å². The van der Waals surface area contributed by atoms with Crippen LogP contribution in [0, 0.1) is 0 Å². The van der Waals surface area contributed by atoms with E-state index < -0.39 is 0 Å². The van der Waals surface area contributed by atoms with Gasteiger partial charge in [-0.1, -0.05) is 6.07 Å². The fourth-order valence-corrected chi connectivity index (χ4v) is 2.99. The Hall–Kier alpha value is -2.83. The monoisotopic (exact) mass is 342 g/mol. The van der Waals surface area contributed by atoms with Gasteiger partial charge in [0.05, 0.1) is 19.0 Å². The van der Waals surface area contributed by atoms with Crippen LogP contribution in [0.3, 0.4) is 0 Å². The minimum atomic E-state index is -0.306. The molecule has 2 heterocycles. The van der Waals surface area contributed by atoms with Crippen molar-refractivity contribution in [3.05, 3.63) is 41.7 Å². The number of benzene rings is 1. The summed E-state index contributed by atoms with van der Waals surface area (Å²) in [6.07, 6.45) is 4.67. The molecular weight excluding hydrogens is 320 g/mol. The fraction of sp³-hybridized carbons (Fsp3) is 0.389. The normalized spacial score (nSPS) is 14.2. The van der Waals surface area contributed by atoms with Crippen LogP contribution in [0.15, 0.2) is 30.5 Å². The molecule has 7 nitrogen and oxygen atoms in total. The number of aryl methyl sites for hydroxylation is 1. The molecule has 0 unspecified atom stereocenters. The van der Waals surface area contributed by atoms with Gasteiger partial charge in [0.25, 0.3) is 11.8 Å². The van der Waals surface area contributed by atoms with E-state index in [1.165, 1.54) is 10.9 Å². The van der Waals surface area contributed by atoms with Crippen LogP contribution in [0.4, 0.5) is 5.69 Å². The predicted octanol–water partition coefficient (Wildman–Crippen LogP) is 2.31. The molecule has 7 heteroatoms. The van der Waals surface area contributed by atoms with Crippen LogP contribution in [-0.2, 0) is 7.05 Å². The Bertz CT molecular complexity index is 778. The third-order valence-electron chi connectivity index (χ3n) is 4.36. The molecule has 1 N–H and O–H groups in total. The summed E-state index contributed by atoms with van der Waals surface area (Å²) in [4.78, 5) is 27.1. The molecule has 1 aromatic carbocycles. The van der Waals surface area contributed by atoms with Crippen LogP contribution in [0.1, 0.15) is 40.1 Å². The van der Waals surface area contributed by atoms with E-state index in [1.54, 1.807) is 38.4 Å². The van der Waals surface area contributed by atoms with Crippen LogP contribution in [0.25, 0.3) is 0 Å². The number of ether oxygens (including phenoxy) is 1. The number of nitrogens with one attached hydrogen (secondary N) is 1. The Morgan fingerprint density at radius 2 is 1.96 bits per heavy atom. The minimum Gasteiger partial charge on any atom is -0.497 e. The first-order valence-corrected chi connectivity index (χ1v) is 8.37. The molecule has 0 saturated carbocycles. The second kappa shape index (κ2) is 7.38. The molecule has 0 bridgehead atoms. The first-order chi connectivity index (χ1) is 12.1. The number of anilines is 1. The van der Waals surface area contributed by atoms with Gasteiger partial charge in [0.15, 0.2) is 0 Å². The lowest BCUT2D eigenvalue weighted by molar-refractivity contribution is 0.0714. The van der Waals surface area contributed by atoms with Crippen LogP contribution < -0.4 is 10.1 Å². The molecule has 3 rings (SSSR count). The standard InChI is InChI=1S/C18H22N4O3/c1-21-16(18(24)22-9-4-3-5-10-22)15(12-19-21)20-17(23)13-7-6-8-14(11-13)25-2/h6-8,11-12H,3-5,9-10H2,1-2H3,(H,20,23). The minimum absolute atomic E-state index is 0.0966. The van der Waals surface area contributed by atoms with Crippen molar-refractivity contribution in [3.8, 4) is 5.75 Å². The number of piperidine rings is 1. The van der Waals surface area contributed by atoms with Crippen molar-refractivity contribution >= 4 is 17.5 Å². The van der Waals surface area contributed by atoms with Crippen LogP contribution in [0.5, 0.6) is 5.75 Å². The van der Waals surface area contributed by atoms with Crippen molar-refractivity contribution in [3.63, 3.8) is 0 Å². The molecule has 1 aromatic heterocycles. The summed E-state index contributed by atoms with van der Waals surface area (Å²) in [5.74, 6) is 0.198. The third kappa shape index (κ3) is 3.65. The van der Waals surface area contributed by atoms with Gasteiger partial charge in [-0.25, -0.2) is 0 Å². The van der Waals surface area contributed by atoms with E-state index in [1.807, 2.05) is 4.90 Å². The number of carbonyl (C=O) groups excluding carboxylic acids is 2. The van der Waals surface area contributed by atoms with E-state index >= 15 is 0 Å². The second-order valence-electron chi connectivity index (χ2n) is 6.07. The maximum atomic E-state index is 12.8. The molecule has 2 amide bonds. The smallest absolute Gasteiger partial charge is 0.274 e. The third-order valence-corrected chi connectivity index (χ3v) is 4.36. The maximum absolute atomic E-state index is 12.8. The molecule has 0 spiro atoms. The number of aromatic nitrogens is 2. The Morgan fingerprint density at radius 3 is 2.68 bits per heavy atom. The molecule has 132 valence electrons. The molecule has 1 fully saturated rings. The Kier molecular flexibility index (Phi) is 5.02. The highest BCUT2D eigenvalue weighted by atomic mass is 16.5. The highest BCUT2D eigenvalue weighted by molar-refractivity contribution is 6.08. The van der Waals surface area contributed by atoms with Crippen molar-refractivity contribution in [1.82, 2.24) is 14.7 Å². The number of likely N-dealkylation sites (tertiary alicyclic amines) is 1. The molecule has 1 aliphatic heterocycles. The zero-order valence-electron chi connectivity index (χ0n) is 14.5. The van der Waals surface area contributed by atoms with Gasteiger partial charge >= 0.3 is 0 Å². The average Bonchev–Trinajstić information content (AvgIpc) is 3.02. The number of carbonyl (C=O) groups is 2. The van der Waals surface area contributed by atoms with Gasteiger partial charge in [-0.05, 0) is 37.5 Å². The highest BCUT2D eigenvalue weighted by Crippen LogP contribution is 2.21. The molecule has 1 saturated heterocycles. The molecule has 2 aromatic rings. The molecule has 0 aliphatic carbocycles. The first kappa shape index (κ1) is 17.0. The lowest BCUT2D eigenvalue weighted by atomic mass is 10.1. The van der Waals surface area contributed by atoms with Crippen LogP contribution >= 0.6 is 0 Å².